The predicted molar refractivity (Wildman–Crippen MR) is 109 cm³/mol. The quantitative estimate of drug-likeness (QED) is 0.373. The number of nitrogens with one attached hydrogen (secondary N) is 3. The first-order valence-corrected chi connectivity index (χ1v) is 9.47. The molecule has 0 saturated heterocycles. The standard InChI is InChI=1S/C20H40N4/c1-9-13-23-16(5)19(22-12-4)18(15-21-8)24-20(6,7)14-17(10-2)11-3/h14,21-23H,9-13,15H2,1-8H3/b19-16+,24-18?. The topological polar surface area (TPSA) is 48.4 Å². The maximum absolute atomic E-state index is 5.10. The lowest BCUT2D eigenvalue weighted by Crippen LogP contribution is -2.34. The molecule has 0 aromatic carbocycles. The van der Waals surface area contributed by atoms with Crippen molar-refractivity contribution in [1.82, 2.24) is 16.0 Å². The lowest BCUT2D eigenvalue weighted by molar-refractivity contribution is 0.640. The van der Waals surface area contributed by atoms with Gasteiger partial charge < -0.3 is 16.0 Å². The summed E-state index contributed by atoms with van der Waals surface area (Å²) in [6, 6.07) is 0. The van der Waals surface area contributed by atoms with Crippen molar-refractivity contribution in [2.75, 3.05) is 26.7 Å². The van der Waals surface area contributed by atoms with Gasteiger partial charge in [0.25, 0.3) is 0 Å². The van der Waals surface area contributed by atoms with E-state index in [1.807, 2.05) is 7.05 Å². The van der Waals surface area contributed by atoms with Gasteiger partial charge in [-0.3, -0.25) is 4.99 Å². The monoisotopic (exact) mass is 336 g/mol. The van der Waals surface area contributed by atoms with Crippen LogP contribution in [0.3, 0.4) is 0 Å². The molecule has 0 rings (SSSR count). The molecule has 4 nitrogen and oxygen atoms in total. The third kappa shape index (κ3) is 8.53. The molecule has 0 saturated carbocycles. The van der Waals surface area contributed by atoms with Gasteiger partial charge in [0.2, 0.25) is 0 Å². The van der Waals surface area contributed by atoms with Gasteiger partial charge >= 0.3 is 0 Å². The second-order valence-electron chi connectivity index (χ2n) is 6.71. The average molecular weight is 337 g/mol. The van der Waals surface area contributed by atoms with Gasteiger partial charge in [0, 0.05) is 25.3 Å². The van der Waals surface area contributed by atoms with Crippen molar-refractivity contribution >= 4 is 5.71 Å². The van der Waals surface area contributed by atoms with Crippen LogP contribution in [0.4, 0.5) is 0 Å². The summed E-state index contributed by atoms with van der Waals surface area (Å²) in [5.74, 6) is 0. The second-order valence-corrected chi connectivity index (χ2v) is 6.71. The van der Waals surface area contributed by atoms with Crippen LogP contribution in [0.5, 0.6) is 0 Å². The second kappa shape index (κ2) is 12.1. The molecule has 0 heterocycles. The highest BCUT2D eigenvalue weighted by Gasteiger charge is 2.18. The Morgan fingerprint density at radius 1 is 1.04 bits per heavy atom. The van der Waals surface area contributed by atoms with Crippen LogP contribution in [-0.4, -0.2) is 37.9 Å². The molecule has 0 spiro atoms. The molecule has 0 aliphatic rings. The minimum absolute atomic E-state index is 0.209. The summed E-state index contributed by atoms with van der Waals surface area (Å²) in [7, 11) is 1.97. The van der Waals surface area contributed by atoms with E-state index in [1.54, 1.807) is 0 Å². The van der Waals surface area contributed by atoms with Crippen molar-refractivity contribution in [3.05, 3.63) is 23.0 Å². The minimum atomic E-state index is -0.209. The molecule has 0 aromatic rings. The molecular weight excluding hydrogens is 296 g/mol. The number of rotatable bonds is 12. The van der Waals surface area contributed by atoms with Gasteiger partial charge in [-0.25, -0.2) is 0 Å². The Morgan fingerprint density at radius 3 is 2.12 bits per heavy atom. The molecule has 3 N–H and O–H groups in total. The molecule has 0 atom stereocenters. The van der Waals surface area contributed by atoms with Crippen LogP contribution in [0, 0.1) is 0 Å². The zero-order valence-electron chi connectivity index (χ0n) is 17.3. The summed E-state index contributed by atoms with van der Waals surface area (Å²) in [5.41, 5.74) is 4.62. The number of hydrogen-bond acceptors (Lipinski definition) is 4. The highest BCUT2D eigenvalue weighted by Crippen LogP contribution is 2.19. The smallest absolute Gasteiger partial charge is 0.0757 e. The number of hydrogen-bond donors (Lipinski definition) is 3. The number of nitrogens with zero attached hydrogens (tertiary/aromatic N) is 1. The van der Waals surface area contributed by atoms with E-state index in [0.29, 0.717) is 0 Å². The summed E-state index contributed by atoms with van der Waals surface area (Å²) >= 11 is 0. The molecule has 0 aliphatic carbocycles. The van der Waals surface area contributed by atoms with E-state index in [2.05, 4.69) is 70.5 Å². The van der Waals surface area contributed by atoms with Gasteiger partial charge in [0.05, 0.1) is 16.9 Å². The molecule has 0 fully saturated rings. The summed E-state index contributed by atoms with van der Waals surface area (Å²) in [4.78, 5) is 5.10. The summed E-state index contributed by atoms with van der Waals surface area (Å²) in [5, 5.41) is 10.3. The zero-order valence-corrected chi connectivity index (χ0v) is 17.3. The zero-order chi connectivity index (χ0) is 18.6. The van der Waals surface area contributed by atoms with Crippen molar-refractivity contribution in [2.24, 2.45) is 4.99 Å². The maximum Gasteiger partial charge on any atom is 0.0757 e. The maximum atomic E-state index is 5.10. The first kappa shape index (κ1) is 22.7. The van der Waals surface area contributed by atoms with Gasteiger partial charge in [-0.15, -0.1) is 0 Å². The van der Waals surface area contributed by atoms with Crippen molar-refractivity contribution < 1.29 is 0 Å². The van der Waals surface area contributed by atoms with E-state index in [0.717, 1.165) is 50.3 Å². The van der Waals surface area contributed by atoms with Crippen LogP contribution >= 0.6 is 0 Å². The molecule has 0 aromatic heterocycles. The summed E-state index contributed by atoms with van der Waals surface area (Å²) < 4.78 is 0. The molecule has 0 radical (unpaired) electrons. The van der Waals surface area contributed by atoms with Gasteiger partial charge in [-0.2, -0.15) is 0 Å². The Kier molecular flexibility index (Phi) is 11.5. The first-order chi connectivity index (χ1) is 11.3. The average Bonchev–Trinajstić information content (AvgIpc) is 2.54. The fourth-order valence-corrected chi connectivity index (χ4v) is 2.71. The van der Waals surface area contributed by atoms with Crippen LogP contribution in [0.1, 0.15) is 67.7 Å². The molecule has 4 heteroatoms. The Bertz CT molecular complexity index is 439. The number of aliphatic imine (C=N–C) groups is 1. The highest BCUT2D eigenvalue weighted by atomic mass is 15.0. The molecule has 140 valence electrons. The van der Waals surface area contributed by atoms with Crippen molar-refractivity contribution in [1.29, 1.82) is 0 Å². The van der Waals surface area contributed by atoms with Crippen LogP contribution in [0.25, 0.3) is 0 Å². The molecule has 0 unspecified atom stereocenters. The molecule has 0 amide bonds. The fraction of sp³-hybridized carbons (Fsp3) is 0.750. The Hall–Kier alpha value is -1.29. The first-order valence-electron chi connectivity index (χ1n) is 9.47. The van der Waals surface area contributed by atoms with Crippen molar-refractivity contribution in [3.63, 3.8) is 0 Å². The van der Waals surface area contributed by atoms with E-state index in [9.17, 15) is 0 Å². The predicted octanol–water partition coefficient (Wildman–Crippen LogP) is 4.01. The van der Waals surface area contributed by atoms with Gasteiger partial charge in [-0.05, 0) is 54.0 Å². The van der Waals surface area contributed by atoms with E-state index in [1.165, 1.54) is 11.3 Å². The Labute approximate surface area is 150 Å². The van der Waals surface area contributed by atoms with Gasteiger partial charge in [0.15, 0.2) is 0 Å². The van der Waals surface area contributed by atoms with Crippen molar-refractivity contribution in [3.8, 4) is 0 Å². The number of allylic oxidation sites excluding steroid dienone is 2. The van der Waals surface area contributed by atoms with E-state index >= 15 is 0 Å². The third-order valence-electron chi connectivity index (χ3n) is 3.89. The lowest BCUT2D eigenvalue weighted by Gasteiger charge is -2.23. The summed E-state index contributed by atoms with van der Waals surface area (Å²) in [6.07, 6.45) is 5.61. The van der Waals surface area contributed by atoms with Gasteiger partial charge in [-0.1, -0.05) is 32.4 Å². The highest BCUT2D eigenvalue weighted by molar-refractivity contribution is 6.02. The molecule has 0 aliphatic heterocycles. The SMILES string of the molecule is CCCN/C(C)=C(/NCC)C(CNC)=NC(C)(C)C=C(CC)CC. The summed E-state index contributed by atoms with van der Waals surface area (Å²) in [6.45, 7) is 17.9. The molecular formula is C20H40N4. The van der Waals surface area contributed by atoms with Crippen LogP contribution in [0.2, 0.25) is 0 Å². The third-order valence-corrected chi connectivity index (χ3v) is 3.89. The van der Waals surface area contributed by atoms with E-state index in [4.69, 9.17) is 4.99 Å². The van der Waals surface area contributed by atoms with E-state index < -0.39 is 0 Å². The lowest BCUT2D eigenvalue weighted by atomic mass is 9.98. The minimum Gasteiger partial charge on any atom is -0.387 e. The van der Waals surface area contributed by atoms with Crippen LogP contribution < -0.4 is 16.0 Å². The largest absolute Gasteiger partial charge is 0.387 e. The van der Waals surface area contributed by atoms with Crippen molar-refractivity contribution in [2.45, 2.75) is 73.3 Å². The molecule has 0 bridgehead atoms. The molecule has 24 heavy (non-hydrogen) atoms. The van der Waals surface area contributed by atoms with Crippen LogP contribution in [-0.2, 0) is 0 Å². The Morgan fingerprint density at radius 2 is 1.67 bits per heavy atom. The fourth-order valence-electron chi connectivity index (χ4n) is 2.71. The normalized spacial score (nSPS) is 13.4. The van der Waals surface area contributed by atoms with E-state index in [-0.39, 0.29) is 5.54 Å². The Balaban J connectivity index is 5.81. The van der Waals surface area contributed by atoms with Gasteiger partial charge in [0.1, 0.15) is 0 Å². The van der Waals surface area contributed by atoms with Crippen LogP contribution in [0.15, 0.2) is 28.0 Å².